The van der Waals surface area contributed by atoms with Crippen LogP contribution in [0.1, 0.15) is 16.8 Å². The van der Waals surface area contributed by atoms with E-state index in [0.29, 0.717) is 0 Å². The largest absolute Gasteiger partial charge is 0.508 e. The van der Waals surface area contributed by atoms with Gasteiger partial charge in [-0.3, -0.25) is 4.79 Å². The van der Waals surface area contributed by atoms with Crippen molar-refractivity contribution in [2.45, 2.75) is 12.5 Å². The number of aliphatic carboxylic acids is 1. The number of carboxylic acids is 1. The van der Waals surface area contributed by atoms with Gasteiger partial charge < -0.3 is 25.4 Å². The summed E-state index contributed by atoms with van der Waals surface area (Å²) in [5.74, 6) is -2.45. The standard InChI is InChI=1S/C12H15NO6/c1-19-3-2-10(12(17)18)13-11(16)7-4-8(14)6-9(15)5-7/h4-6,10,14-15H,2-3H2,1H3,(H,13,16)(H,17,18). The number of methoxy groups -OCH3 is 1. The van der Waals surface area contributed by atoms with Crippen LogP contribution in [0.15, 0.2) is 18.2 Å². The highest BCUT2D eigenvalue weighted by Gasteiger charge is 2.20. The second-order valence-electron chi connectivity index (χ2n) is 3.88. The molecule has 1 unspecified atom stereocenters. The number of aromatic hydroxyl groups is 2. The smallest absolute Gasteiger partial charge is 0.326 e. The maximum absolute atomic E-state index is 11.8. The summed E-state index contributed by atoms with van der Waals surface area (Å²) in [6.45, 7) is 0.183. The molecule has 0 fully saturated rings. The van der Waals surface area contributed by atoms with Crippen LogP contribution >= 0.6 is 0 Å². The molecule has 0 spiro atoms. The van der Waals surface area contributed by atoms with Gasteiger partial charge in [-0.15, -0.1) is 0 Å². The Morgan fingerprint density at radius 2 is 1.84 bits per heavy atom. The van der Waals surface area contributed by atoms with E-state index in [1.165, 1.54) is 7.11 Å². The van der Waals surface area contributed by atoms with Gasteiger partial charge >= 0.3 is 5.97 Å². The molecule has 1 aromatic carbocycles. The zero-order chi connectivity index (χ0) is 14.4. The molecular formula is C12H15NO6. The molecule has 0 aromatic heterocycles. The maximum Gasteiger partial charge on any atom is 0.326 e. The minimum Gasteiger partial charge on any atom is -0.508 e. The number of ether oxygens (including phenoxy) is 1. The number of amides is 1. The molecule has 7 heteroatoms. The first-order valence-electron chi connectivity index (χ1n) is 5.49. The van der Waals surface area contributed by atoms with Crippen LogP contribution < -0.4 is 5.32 Å². The number of carbonyl (C=O) groups excluding carboxylic acids is 1. The van der Waals surface area contributed by atoms with Crippen molar-refractivity contribution in [3.05, 3.63) is 23.8 Å². The Morgan fingerprint density at radius 3 is 2.32 bits per heavy atom. The summed E-state index contributed by atoms with van der Waals surface area (Å²) in [5, 5.41) is 29.7. The molecule has 7 nitrogen and oxygen atoms in total. The third kappa shape index (κ3) is 4.47. The number of carbonyl (C=O) groups is 2. The zero-order valence-corrected chi connectivity index (χ0v) is 10.3. The predicted molar refractivity (Wildman–Crippen MR) is 65.2 cm³/mol. The minimum absolute atomic E-state index is 0.0267. The average Bonchev–Trinajstić information content (AvgIpc) is 2.32. The summed E-state index contributed by atoms with van der Waals surface area (Å²) < 4.78 is 4.75. The van der Waals surface area contributed by atoms with Gasteiger partial charge in [0, 0.05) is 31.8 Å². The molecule has 0 aliphatic heterocycles. The number of phenolic OH excluding ortho intramolecular Hbond substituents is 2. The highest BCUT2D eigenvalue weighted by atomic mass is 16.5. The molecule has 0 aliphatic rings. The molecule has 1 rings (SSSR count). The second kappa shape index (κ2) is 6.60. The van der Waals surface area contributed by atoms with E-state index in [1.807, 2.05) is 0 Å². The highest BCUT2D eigenvalue weighted by molar-refractivity contribution is 5.97. The zero-order valence-electron chi connectivity index (χ0n) is 10.3. The Labute approximate surface area is 109 Å². The van der Waals surface area contributed by atoms with E-state index in [9.17, 15) is 19.8 Å². The van der Waals surface area contributed by atoms with Crippen LogP contribution in [-0.2, 0) is 9.53 Å². The molecule has 1 aromatic rings. The minimum atomic E-state index is -1.19. The summed E-state index contributed by atoms with van der Waals surface area (Å²) in [6.07, 6.45) is 0.113. The van der Waals surface area contributed by atoms with Crippen LogP contribution in [0.25, 0.3) is 0 Å². The number of carboxylic acid groups (broad SMARTS) is 1. The van der Waals surface area contributed by atoms with Crippen molar-refractivity contribution in [2.24, 2.45) is 0 Å². The van der Waals surface area contributed by atoms with E-state index in [-0.39, 0.29) is 30.1 Å². The van der Waals surface area contributed by atoms with Gasteiger partial charge in [-0.05, 0) is 12.1 Å². The van der Waals surface area contributed by atoms with Crippen molar-refractivity contribution < 1.29 is 29.6 Å². The van der Waals surface area contributed by atoms with E-state index in [1.54, 1.807) is 0 Å². The fourth-order valence-electron chi connectivity index (χ4n) is 1.46. The van der Waals surface area contributed by atoms with E-state index < -0.39 is 17.9 Å². The quantitative estimate of drug-likeness (QED) is 0.591. The molecule has 0 saturated heterocycles. The van der Waals surface area contributed by atoms with Crippen molar-refractivity contribution in [3.63, 3.8) is 0 Å². The molecule has 0 aliphatic carbocycles. The highest BCUT2D eigenvalue weighted by Crippen LogP contribution is 2.20. The van der Waals surface area contributed by atoms with Gasteiger partial charge in [-0.1, -0.05) is 0 Å². The normalized spacial score (nSPS) is 11.8. The molecule has 19 heavy (non-hydrogen) atoms. The Morgan fingerprint density at radius 1 is 1.26 bits per heavy atom. The SMILES string of the molecule is COCCC(NC(=O)c1cc(O)cc(O)c1)C(=O)O. The fourth-order valence-corrected chi connectivity index (χ4v) is 1.46. The van der Waals surface area contributed by atoms with Gasteiger partial charge in [0.1, 0.15) is 17.5 Å². The monoisotopic (exact) mass is 269 g/mol. The van der Waals surface area contributed by atoms with Crippen molar-refractivity contribution >= 4 is 11.9 Å². The van der Waals surface area contributed by atoms with E-state index in [4.69, 9.17) is 9.84 Å². The van der Waals surface area contributed by atoms with Crippen LogP contribution in [-0.4, -0.2) is 47.0 Å². The number of hydrogen-bond acceptors (Lipinski definition) is 5. The van der Waals surface area contributed by atoms with Gasteiger partial charge in [0.25, 0.3) is 5.91 Å². The first kappa shape index (κ1) is 14.8. The van der Waals surface area contributed by atoms with Crippen molar-refractivity contribution in [1.29, 1.82) is 0 Å². The van der Waals surface area contributed by atoms with E-state index in [0.717, 1.165) is 18.2 Å². The Bertz CT molecular complexity index is 453. The maximum atomic E-state index is 11.8. The van der Waals surface area contributed by atoms with Gasteiger partial charge in [0.2, 0.25) is 0 Å². The van der Waals surface area contributed by atoms with Crippen LogP contribution in [0, 0.1) is 0 Å². The molecule has 1 amide bonds. The van der Waals surface area contributed by atoms with Crippen LogP contribution in [0.5, 0.6) is 11.5 Å². The lowest BCUT2D eigenvalue weighted by molar-refractivity contribution is -0.139. The van der Waals surface area contributed by atoms with Gasteiger partial charge in [0.15, 0.2) is 0 Å². The topological polar surface area (TPSA) is 116 Å². The fraction of sp³-hybridized carbons (Fsp3) is 0.333. The van der Waals surface area contributed by atoms with Crippen molar-refractivity contribution in [1.82, 2.24) is 5.32 Å². The number of hydrogen-bond donors (Lipinski definition) is 4. The average molecular weight is 269 g/mol. The molecule has 104 valence electrons. The molecule has 1 atom stereocenters. The lowest BCUT2D eigenvalue weighted by Crippen LogP contribution is -2.41. The van der Waals surface area contributed by atoms with Gasteiger partial charge in [-0.25, -0.2) is 4.79 Å². The van der Waals surface area contributed by atoms with Crippen molar-refractivity contribution in [3.8, 4) is 11.5 Å². The number of phenols is 2. The summed E-state index contributed by atoms with van der Waals surface area (Å²) in [6, 6.07) is 2.22. The molecule has 4 N–H and O–H groups in total. The molecular weight excluding hydrogens is 254 g/mol. The summed E-state index contributed by atoms with van der Waals surface area (Å²) >= 11 is 0. The first-order valence-corrected chi connectivity index (χ1v) is 5.49. The summed E-state index contributed by atoms with van der Waals surface area (Å²) in [4.78, 5) is 22.7. The lowest BCUT2D eigenvalue weighted by Gasteiger charge is -2.14. The van der Waals surface area contributed by atoms with Crippen LogP contribution in [0.3, 0.4) is 0 Å². The molecule has 0 saturated carbocycles. The Balaban J connectivity index is 2.78. The Kier molecular flexibility index (Phi) is 5.13. The van der Waals surface area contributed by atoms with E-state index >= 15 is 0 Å². The third-order valence-corrected chi connectivity index (χ3v) is 2.38. The lowest BCUT2D eigenvalue weighted by atomic mass is 10.1. The second-order valence-corrected chi connectivity index (χ2v) is 3.88. The van der Waals surface area contributed by atoms with E-state index in [2.05, 4.69) is 5.32 Å². The molecule has 0 radical (unpaired) electrons. The number of rotatable bonds is 6. The number of benzene rings is 1. The Hall–Kier alpha value is -2.28. The summed E-state index contributed by atoms with van der Waals surface area (Å²) in [7, 11) is 1.42. The van der Waals surface area contributed by atoms with Crippen LogP contribution in [0.2, 0.25) is 0 Å². The van der Waals surface area contributed by atoms with Gasteiger partial charge in [0.05, 0.1) is 0 Å². The van der Waals surface area contributed by atoms with Gasteiger partial charge in [-0.2, -0.15) is 0 Å². The first-order chi connectivity index (χ1) is 8.93. The third-order valence-electron chi connectivity index (χ3n) is 2.38. The number of nitrogens with one attached hydrogen (secondary N) is 1. The molecule has 0 bridgehead atoms. The van der Waals surface area contributed by atoms with Crippen molar-refractivity contribution in [2.75, 3.05) is 13.7 Å². The summed E-state index contributed by atoms with van der Waals surface area (Å²) in [5.41, 5.74) is -0.0267. The van der Waals surface area contributed by atoms with Crippen LogP contribution in [0.4, 0.5) is 0 Å². The molecule has 0 heterocycles. The predicted octanol–water partition coefficient (Wildman–Crippen LogP) is 0.317.